The Hall–Kier alpha value is -0.590. The van der Waals surface area contributed by atoms with E-state index in [0.717, 1.165) is 24.7 Å². The highest BCUT2D eigenvalue weighted by Crippen LogP contribution is 2.67. The van der Waals surface area contributed by atoms with Gasteiger partial charge in [0.15, 0.2) is 0 Å². The molecule has 0 aromatic heterocycles. The molecule has 6 unspecified atom stereocenters. The summed E-state index contributed by atoms with van der Waals surface area (Å²) in [6.45, 7) is 15.9. The Kier molecular flexibility index (Phi) is 4.54. The average Bonchev–Trinajstić information content (AvgIpc) is 2.65. The van der Waals surface area contributed by atoms with Crippen molar-refractivity contribution in [2.45, 2.75) is 92.4 Å². The van der Waals surface area contributed by atoms with Gasteiger partial charge in [0, 0.05) is 5.41 Å². The zero-order valence-corrected chi connectivity index (χ0v) is 16.7. The lowest BCUT2D eigenvalue weighted by molar-refractivity contribution is -0.155. The largest absolute Gasteiger partial charge is 0.299 e. The quantitative estimate of drug-likeness (QED) is 0.523. The molecule has 3 fully saturated rings. The van der Waals surface area contributed by atoms with Crippen LogP contribution in [0.3, 0.4) is 0 Å². The van der Waals surface area contributed by atoms with Crippen LogP contribution in [0.25, 0.3) is 0 Å². The van der Waals surface area contributed by atoms with Crippen molar-refractivity contribution in [2.75, 3.05) is 0 Å². The Morgan fingerprint density at radius 3 is 2.38 bits per heavy atom. The molecule has 3 saturated carbocycles. The van der Waals surface area contributed by atoms with E-state index in [4.69, 9.17) is 0 Å². The van der Waals surface area contributed by atoms with Crippen LogP contribution in [0.1, 0.15) is 92.4 Å². The number of fused-ring (bicyclic) bond motifs is 3. The molecule has 0 aliphatic heterocycles. The van der Waals surface area contributed by atoms with Crippen LogP contribution < -0.4 is 0 Å². The van der Waals surface area contributed by atoms with Crippen molar-refractivity contribution in [1.82, 2.24) is 0 Å². The van der Waals surface area contributed by atoms with Gasteiger partial charge in [0.2, 0.25) is 0 Å². The van der Waals surface area contributed by atoms with Gasteiger partial charge in [0.25, 0.3) is 0 Å². The predicted molar refractivity (Wildman–Crippen MR) is 102 cm³/mol. The zero-order valence-electron chi connectivity index (χ0n) is 16.7. The predicted octanol–water partition coefficient (Wildman–Crippen LogP) is 6.57. The number of carbonyl (C=O) groups excluding carboxylic acids is 1. The Morgan fingerprint density at radius 1 is 1.08 bits per heavy atom. The van der Waals surface area contributed by atoms with Gasteiger partial charge in [-0.15, -0.1) is 0 Å². The SMILES string of the molecule is C=C1CCC2(C)CCC3C(CC)C(C)(C(C)=O)CCC3C2(C)CC1. The minimum absolute atomic E-state index is 0.0751. The van der Waals surface area contributed by atoms with Crippen LogP contribution in [0.15, 0.2) is 12.2 Å². The van der Waals surface area contributed by atoms with E-state index in [2.05, 4.69) is 34.3 Å². The number of rotatable bonds is 2. The molecule has 0 N–H and O–H groups in total. The molecule has 0 spiro atoms. The third-order valence-corrected chi connectivity index (χ3v) is 9.33. The van der Waals surface area contributed by atoms with Crippen LogP contribution in [0.5, 0.6) is 0 Å². The first-order valence-electron chi connectivity index (χ1n) is 10.4. The fourth-order valence-corrected chi connectivity index (χ4v) is 7.12. The molecule has 0 aromatic carbocycles. The molecule has 136 valence electrons. The summed E-state index contributed by atoms with van der Waals surface area (Å²) < 4.78 is 0. The Bertz CT molecular complexity index is 534. The molecule has 1 nitrogen and oxygen atoms in total. The first-order chi connectivity index (χ1) is 11.2. The van der Waals surface area contributed by atoms with Crippen molar-refractivity contribution in [1.29, 1.82) is 0 Å². The summed E-state index contributed by atoms with van der Waals surface area (Å²) in [7, 11) is 0. The third-order valence-electron chi connectivity index (χ3n) is 9.33. The Morgan fingerprint density at radius 2 is 1.75 bits per heavy atom. The lowest BCUT2D eigenvalue weighted by Gasteiger charge is -2.63. The van der Waals surface area contributed by atoms with E-state index in [0.29, 0.717) is 22.5 Å². The van der Waals surface area contributed by atoms with Gasteiger partial charge < -0.3 is 0 Å². The van der Waals surface area contributed by atoms with E-state index in [-0.39, 0.29) is 5.41 Å². The van der Waals surface area contributed by atoms with Crippen LogP contribution in [-0.4, -0.2) is 5.78 Å². The van der Waals surface area contributed by atoms with Gasteiger partial charge in [-0.05, 0) is 86.9 Å². The van der Waals surface area contributed by atoms with E-state index >= 15 is 0 Å². The summed E-state index contributed by atoms with van der Waals surface area (Å²) in [4.78, 5) is 12.5. The molecule has 3 rings (SSSR count). The maximum atomic E-state index is 12.5. The highest BCUT2D eigenvalue weighted by molar-refractivity contribution is 5.82. The highest BCUT2D eigenvalue weighted by Gasteiger charge is 2.60. The van der Waals surface area contributed by atoms with Crippen LogP contribution in [0.2, 0.25) is 0 Å². The first-order valence-corrected chi connectivity index (χ1v) is 10.4. The van der Waals surface area contributed by atoms with E-state index in [9.17, 15) is 4.79 Å². The molecule has 1 heteroatoms. The maximum Gasteiger partial charge on any atom is 0.135 e. The zero-order chi connectivity index (χ0) is 17.8. The van der Waals surface area contributed by atoms with Crippen molar-refractivity contribution in [3.63, 3.8) is 0 Å². The van der Waals surface area contributed by atoms with Gasteiger partial charge in [-0.1, -0.05) is 46.3 Å². The minimum atomic E-state index is -0.0751. The molecule has 0 aromatic rings. The number of carbonyl (C=O) groups is 1. The number of allylic oxidation sites excluding steroid dienone is 1. The Balaban J connectivity index is 1.97. The molecule has 0 saturated heterocycles. The second-order valence-corrected chi connectivity index (χ2v) is 10.1. The number of ketones is 1. The molecule has 0 heterocycles. The fraction of sp³-hybridized carbons (Fsp3) is 0.870. The molecule has 0 amide bonds. The van der Waals surface area contributed by atoms with Crippen LogP contribution in [0.4, 0.5) is 0 Å². The second kappa shape index (κ2) is 5.99. The topological polar surface area (TPSA) is 17.1 Å². The Labute approximate surface area is 149 Å². The van der Waals surface area contributed by atoms with E-state index in [1.807, 2.05) is 6.92 Å². The lowest BCUT2D eigenvalue weighted by Crippen LogP contribution is -2.56. The number of hydrogen-bond acceptors (Lipinski definition) is 1. The van der Waals surface area contributed by atoms with E-state index in [1.54, 1.807) is 0 Å². The van der Waals surface area contributed by atoms with Crippen molar-refractivity contribution in [2.24, 2.45) is 34.0 Å². The number of hydrogen-bond donors (Lipinski definition) is 0. The summed E-state index contributed by atoms with van der Waals surface area (Å²) in [6.07, 6.45) is 11.3. The van der Waals surface area contributed by atoms with Gasteiger partial charge in [-0.25, -0.2) is 0 Å². The van der Waals surface area contributed by atoms with Crippen LogP contribution >= 0.6 is 0 Å². The molecular formula is C23H38O. The smallest absolute Gasteiger partial charge is 0.135 e. The molecular weight excluding hydrogens is 292 g/mol. The van der Waals surface area contributed by atoms with E-state index in [1.165, 1.54) is 50.5 Å². The first kappa shape index (κ1) is 18.2. The van der Waals surface area contributed by atoms with Gasteiger partial charge >= 0.3 is 0 Å². The molecule has 0 bridgehead atoms. The monoisotopic (exact) mass is 330 g/mol. The van der Waals surface area contributed by atoms with Gasteiger partial charge in [0.05, 0.1) is 0 Å². The van der Waals surface area contributed by atoms with Crippen LogP contribution in [-0.2, 0) is 4.79 Å². The fourth-order valence-electron chi connectivity index (χ4n) is 7.12. The van der Waals surface area contributed by atoms with Crippen molar-refractivity contribution < 1.29 is 4.79 Å². The van der Waals surface area contributed by atoms with E-state index < -0.39 is 0 Å². The molecule has 0 radical (unpaired) electrons. The van der Waals surface area contributed by atoms with Gasteiger partial charge in [-0.3, -0.25) is 4.79 Å². The van der Waals surface area contributed by atoms with Gasteiger partial charge in [0.1, 0.15) is 5.78 Å². The molecule has 3 aliphatic rings. The average molecular weight is 331 g/mol. The van der Waals surface area contributed by atoms with Crippen molar-refractivity contribution in [3.8, 4) is 0 Å². The summed E-state index contributed by atoms with van der Waals surface area (Å²) in [6, 6.07) is 0. The molecule has 24 heavy (non-hydrogen) atoms. The van der Waals surface area contributed by atoms with Gasteiger partial charge in [-0.2, -0.15) is 0 Å². The minimum Gasteiger partial charge on any atom is -0.299 e. The summed E-state index contributed by atoms with van der Waals surface area (Å²) in [5, 5.41) is 0. The molecule has 6 atom stereocenters. The third kappa shape index (κ3) is 2.44. The summed E-state index contributed by atoms with van der Waals surface area (Å²) in [5.41, 5.74) is 2.30. The van der Waals surface area contributed by atoms with Crippen molar-refractivity contribution in [3.05, 3.63) is 12.2 Å². The second-order valence-electron chi connectivity index (χ2n) is 10.1. The lowest BCUT2D eigenvalue weighted by atomic mass is 9.42. The van der Waals surface area contributed by atoms with Crippen molar-refractivity contribution >= 4 is 5.78 Å². The summed E-state index contributed by atoms with van der Waals surface area (Å²) in [5.74, 6) is 2.57. The van der Waals surface area contributed by atoms with Crippen LogP contribution in [0, 0.1) is 34.0 Å². The maximum absolute atomic E-state index is 12.5. The standard InChI is InChI=1S/C23H38O/c1-7-19-18-10-13-21(4)12-8-16(2)9-15-23(21,6)20(18)11-14-22(19,5)17(3)24/h18-20H,2,7-15H2,1,3-6H3. The summed E-state index contributed by atoms with van der Waals surface area (Å²) >= 11 is 0. The number of Topliss-reactive ketones (excluding diaryl/α,β-unsaturated/α-hetero) is 1. The normalized spacial score (nSPS) is 49.0. The molecule has 3 aliphatic carbocycles. The highest BCUT2D eigenvalue weighted by atomic mass is 16.1.